The Morgan fingerprint density at radius 1 is 1.10 bits per heavy atom. The van der Waals surface area contributed by atoms with E-state index >= 15 is 0 Å². The Morgan fingerprint density at radius 2 is 1.88 bits per heavy atom. The Bertz CT molecular complexity index is 1580. The standard InChI is InChI=1S/C15H16N2O3.C8H5F2N.C7H7FO/c1-9-16-8-13(17-9)11-5-6-20-15-10(7-14(18)19)3-2-4-12(11)15;9-5-3-7(10)6-1-2-11-8(6)4-5;1-9-7-4-2-6(8)3-5-7/h2-4,8,11H,5-7H2,1H3,(H,16,17)(H,18,19);1-4,11H;2-5H,1H3. The third-order valence-electron chi connectivity index (χ3n) is 6.23. The molecule has 0 spiro atoms. The molecule has 2 aromatic heterocycles. The van der Waals surface area contributed by atoms with E-state index in [0.29, 0.717) is 23.3 Å². The molecule has 0 fully saturated rings. The molecule has 40 heavy (non-hydrogen) atoms. The van der Waals surface area contributed by atoms with E-state index in [0.717, 1.165) is 40.9 Å². The summed E-state index contributed by atoms with van der Waals surface area (Å²) in [7, 11) is 1.55. The number of nitrogens with zero attached hydrogens (tertiary/aromatic N) is 1. The minimum Gasteiger partial charge on any atom is -0.497 e. The van der Waals surface area contributed by atoms with E-state index in [-0.39, 0.29) is 18.2 Å². The highest BCUT2D eigenvalue weighted by Crippen LogP contribution is 2.39. The van der Waals surface area contributed by atoms with E-state index < -0.39 is 17.6 Å². The molecule has 3 N–H and O–H groups in total. The van der Waals surface area contributed by atoms with Gasteiger partial charge in [0.15, 0.2) is 0 Å². The largest absolute Gasteiger partial charge is 0.497 e. The second-order valence-corrected chi connectivity index (χ2v) is 9.00. The maximum atomic E-state index is 12.8. The highest BCUT2D eigenvalue weighted by Gasteiger charge is 2.26. The zero-order chi connectivity index (χ0) is 28.6. The van der Waals surface area contributed by atoms with Crippen molar-refractivity contribution in [2.24, 2.45) is 0 Å². The Hall–Kier alpha value is -4.73. The summed E-state index contributed by atoms with van der Waals surface area (Å²) in [6, 6.07) is 15.3. The number of aromatic amines is 2. The van der Waals surface area contributed by atoms with Crippen molar-refractivity contribution in [3.63, 3.8) is 0 Å². The number of carboxylic acid groups (broad SMARTS) is 1. The zero-order valence-corrected chi connectivity index (χ0v) is 21.9. The van der Waals surface area contributed by atoms with Crippen LogP contribution in [0.3, 0.4) is 0 Å². The number of aromatic nitrogens is 3. The lowest BCUT2D eigenvalue weighted by Gasteiger charge is -2.26. The Kier molecular flexibility index (Phi) is 9.11. The zero-order valence-electron chi connectivity index (χ0n) is 21.9. The first kappa shape index (κ1) is 28.3. The van der Waals surface area contributed by atoms with E-state index in [1.807, 2.05) is 31.3 Å². The number of rotatable bonds is 4. The highest BCUT2D eigenvalue weighted by molar-refractivity contribution is 5.79. The number of benzene rings is 3. The van der Waals surface area contributed by atoms with Crippen LogP contribution in [0.5, 0.6) is 11.5 Å². The smallest absolute Gasteiger partial charge is 0.307 e. The SMILES string of the molecule is COc1ccc(F)cc1.Cc1ncc(C2CCOc3c(CC(=O)O)cccc32)[nH]1.Fc1cc(F)c2cc[nH]c2c1. The summed E-state index contributed by atoms with van der Waals surface area (Å²) in [6.07, 6.45) is 4.27. The first-order valence-corrected chi connectivity index (χ1v) is 12.4. The van der Waals surface area contributed by atoms with E-state index in [9.17, 15) is 18.0 Å². The number of ether oxygens (including phenoxy) is 2. The molecular weight excluding hydrogens is 523 g/mol. The van der Waals surface area contributed by atoms with Crippen LogP contribution in [0, 0.1) is 24.4 Å². The molecule has 5 aromatic rings. The fourth-order valence-corrected chi connectivity index (χ4v) is 4.39. The molecule has 3 heterocycles. The van der Waals surface area contributed by atoms with Crippen LogP contribution in [0.15, 0.2) is 73.1 Å². The van der Waals surface area contributed by atoms with Gasteiger partial charge >= 0.3 is 5.97 Å². The molecule has 0 radical (unpaired) electrons. The van der Waals surface area contributed by atoms with Crippen molar-refractivity contribution in [3.8, 4) is 11.5 Å². The van der Waals surface area contributed by atoms with E-state index in [1.54, 1.807) is 31.5 Å². The van der Waals surface area contributed by atoms with Crippen molar-refractivity contribution in [2.75, 3.05) is 13.7 Å². The molecule has 1 aliphatic heterocycles. The fraction of sp³-hybridized carbons (Fsp3) is 0.200. The van der Waals surface area contributed by atoms with Gasteiger partial charge in [-0.15, -0.1) is 0 Å². The second-order valence-electron chi connectivity index (χ2n) is 9.00. The first-order chi connectivity index (χ1) is 19.2. The van der Waals surface area contributed by atoms with Crippen LogP contribution in [0.25, 0.3) is 10.9 Å². The van der Waals surface area contributed by atoms with Crippen molar-refractivity contribution in [1.82, 2.24) is 15.0 Å². The number of carbonyl (C=O) groups is 1. The Balaban J connectivity index is 0.000000155. The number of H-pyrrole nitrogens is 2. The monoisotopic (exact) mass is 551 g/mol. The van der Waals surface area contributed by atoms with Gasteiger partial charge in [0, 0.05) is 46.6 Å². The van der Waals surface area contributed by atoms with Crippen LogP contribution >= 0.6 is 0 Å². The third-order valence-corrected chi connectivity index (χ3v) is 6.23. The van der Waals surface area contributed by atoms with Crippen molar-refractivity contribution in [1.29, 1.82) is 0 Å². The minimum absolute atomic E-state index is 0.0160. The number of aliphatic carboxylic acids is 1. The number of imidazole rings is 1. The van der Waals surface area contributed by atoms with Gasteiger partial charge in [0.2, 0.25) is 0 Å². The topological polar surface area (TPSA) is 100 Å². The second kappa shape index (κ2) is 12.9. The van der Waals surface area contributed by atoms with Crippen LogP contribution in [0.2, 0.25) is 0 Å². The van der Waals surface area contributed by atoms with Gasteiger partial charge in [-0.2, -0.15) is 0 Å². The summed E-state index contributed by atoms with van der Waals surface area (Å²) in [5.41, 5.74) is 3.32. The van der Waals surface area contributed by atoms with Crippen LogP contribution in [0.4, 0.5) is 13.2 Å². The van der Waals surface area contributed by atoms with Crippen molar-refractivity contribution in [3.05, 3.63) is 113 Å². The molecule has 1 atom stereocenters. The molecule has 1 unspecified atom stereocenters. The molecule has 0 bridgehead atoms. The van der Waals surface area contributed by atoms with Gasteiger partial charge in [0.1, 0.15) is 34.8 Å². The van der Waals surface area contributed by atoms with Crippen LogP contribution < -0.4 is 9.47 Å². The predicted molar refractivity (Wildman–Crippen MR) is 144 cm³/mol. The number of methoxy groups -OCH3 is 1. The molecule has 3 aromatic carbocycles. The fourth-order valence-electron chi connectivity index (χ4n) is 4.39. The molecule has 10 heteroatoms. The normalized spacial score (nSPS) is 13.7. The van der Waals surface area contributed by atoms with Crippen molar-refractivity contribution >= 4 is 16.9 Å². The maximum Gasteiger partial charge on any atom is 0.307 e. The Labute approximate surface area is 228 Å². The summed E-state index contributed by atoms with van der Waals surface area (Å²) >= 11 is 0. The molecule has 208 valence electrons. The van der Waals surface area contributed by atoms with Gasteiger partial charge in [-0.3, -0.25) is 4.79 Å². The maximum absolute atomic E-state index is 12.8. The van der Waals surface area contributed by atoms with Gasteiger partial charge in [0.05, 0.1) is 25.7 Å². The van der Waals surface area contributed by atoms with Gasteiger partial charge in [0.25, 0.3) is 0 Å². The minimum atomic E-state index is -0.846. The molecule has 0 aliphatic carbocycles. The number of hydrogen-bond donors (Lipinski definition) is 3. The number of para-hydroxylation sites is 1. The van der Waals surface area contributed by atoms with Crippen LogP contribution in [-0.2, 0) is 11.2 Å². The van der Waals surface area contributed by atoms with Gasteiger partial charge in [-0.05, 0) is 49.7 Å². The lowest BCUT2D eigenvalue weighted by Crippen LogP contribution is -2.17. The van der Waals surface area contributed by atoms with E-state index in [4.69, 9.17) is 14.6 Å². The summed E-state index contributed by atoms with van der Waals surface area (Å²) < 4.78 is 48.0. The molecule has 1 aliphatic rings. The van der Waals surface area contributed by atoms with Crippen molar-refractivity contribution in [2.45, 2.75) is 25.7 Å². The molecule has 6 rings (SSSR count). The average Bonchev–Trinajstić information content (AvgIpc) is 3.59. The number of aryl methyl sites for hydroxylation is 1. The highest BCUT2D eigenvalue weighted by atomic mass is 19.1. The van der Waals surface area contributed by atoms with Gasteiger partial charge < -0.3 is 24.5 Å². The lowest BCUT2D eigenvalue weighted by atomic mass is 9.88. The number of halogens is 3. The van der Waals surface area contributed by atoms with Gasteiger partial charge in [-0.25, -0.2) is 18.2 Å². The quantitative estimate of drug-likeness (QED) is 0.236. The number of carboxylic acids is 1. The summed E-state index contributed by atoms with van der Waals surface area (Å²) in [5, 5.41) is 9.41. The average molecular weight is 552 g/mol. The predicted octanol–water partition coefficient (Wildman–Crippen LogP) is 6.54. The lowest BCUT2D eigenvalue weighted by molar-refractivity contribution is -0.136. The number of nitrogens with one attached hydrogen (secondary N) is 2. The molecular formula is C30H28F3N3O4. The number of hydrogen-bond acceptors (Lipinski definition) is 4. The van der Waals surface area contributed by atoms with E-state index in [1.165, 1.54) is 18.2 Å². The molecule has 0 saturated carbocycles. The molecule has 0 saturated heterocycles. The number of fused-ring (bicyclic) bond motifs is 2. The summed E-state index contributed by atoms with van der Waals surface area (Å²) in [5.74, 6) is 0.300. The summed E-state index contributed by atoms with van der Waals surface area (Å²) in [4.78, 5) is 21.2. The third kappa shape index (κ3) is 7.02. The summed E-state index contributed by atoms with van der Waals surface area (Å²) in [6.45, 7) is 2.51. The van der Waals surface area contributed by atoms with E-state index in [2.05, 4.69) is 15.0 Å². The van der Waals surface area contributed by atoms with Crippen LogP contribution in [0.1, 0.15) is 35.0 Å². The van der Waals surface area contributed by atoms with Crippen LogP contribution in [-0.4, -0.2) is 39.7 Å². The molecule has 7 nitrogen and oxygen atoms in total. The van der Waals surface area contributed by atoms with Gasteiger partial charge in [-0.1, -0.05) is 18.2 Å². The molecule has 0 amide bonds. The first-order valence-electron chi connectivity index (χ1n) is 12.4. The van der Waals surface area contributed by atoms with Crippen molar-refractivity contribution < 1.29 is 32.5 Å². The Morgan fingerprint density at radius 3 is 2.55 bits per heavy atom.